The van der Waals surface area contributed by atoms with Crippen LogP contribution in [0, 0.1) is 5.92 Å². The molecule has 1 N–H and O–H groups in total. The van der Waals surface area contributed by atoms with Gasteiger partial charge in [0.25, 0.3) is 0 Å². The molecule has 2 aromatic carbocycles. The van der Waals surface area contributed by atoms with Gasteiger partial charge in [0, 0.05) is 48.8 Å². The molecule has 4 rings (SSSR count). The minimum absolute atomic E-state index is 0.272. The van der Waals surface area contributed by atoms with Crippen LogP contribution in [0.15, 0.2) is 70.8 Å². The summed E-state index contributed by atoms with van der Waals surface area (Å²) in [5.41, 5.74) is 4.82. The van der Waals surface area contributed by atoms with Gasteiger partial charge < -0.3 is 14.6 Å². The Kier molecular flexibility index (Phi) is 5.75. The van der Waals surface area contributed by atoms with Crippen molar-refractivity contribution in [3.05, 3.63) is 60.8 Å². The van der Waals surface area contributed by atoms with Crippen LogP contribution in [0.5, 0.6) is 5.75 Å². The first-order valence-electron chi connectivity index (χ1n) is 9.93. The van der Waals surface area contributed by atoms with E-state index < -0.39 is 0 Å². The molecule has 1 saturated carbocycles. The molecule has 0 amide bonds. The number of rotatable bonds is 9. The van der Waals surface area contributed by atoms with Gasteiger partial charge >= 0.3 is 0 Å². The fourth-order valence-corrected chi connectivity index (χ4v) is 3.44. The number of ether oxygens (including phenoxy) is 1. The average Bonchev–Trinajstić information content (AvgIpc) is 3.51. The van der Waals surface area contributed by atoms with Gasteiger partial charge in [-0.25, -0.2) is 0 Å². The van der Waals surface area contributed by atoms with E-state index in [1.54, 1.807) is 18.5 Å². The van der Waals surface area contributed by atoms with Crippen LogP contribution in [0.25, 0.3) is 22.2 Å². The van der Waals surface area contributed by atoms with Gasteiger partial charge in [-0.05, 0) is 67.4 Å². The molecule has 0 unspecified atom stereocenters. The molecule has 0 radical (unpaired) electrons. The van der Waals surface area contributed by atoms with Crippen LogP contribution in [0.3, 0.4) is 0 Å². The first kappa shape index (κ1) is 19.0. The van der Waals surface area contributed by atoms with E-state index in [1.807, 2.05) is 13.1 Å². The van der Waals surface area contributed by atoms with E-state index in [0.29, 0.717) is 0 Å². The van der Waals surface area contributed by atoms with E-state index in [9.17, 15) is 0 Å². The number of anilines is 1. The molecule has 0 aliphatic heterocycles. The zero-order chi connectivity index (χ0) is 20.1. The van der Waals surface area contributed by atoms with Crippen LogP contribution in [0.4, 0.5) is 5.69 Å². The maximum atomic E-state index is 5.82. The molecule has 0 bridgehead atoms. The molecule has 0 spiro atoms. The van der Waals surface area contributed by atoms with Crippen molar-refractivity contribution < 1.29 is 4.74 Å². The fourth-order valence-electron chi connectivity index (χ4n) is 3.44. The van der Waals surface area contributed by atoms with Gasteiger partial charge in [-0.2, -0.15) is 0 Å². The summed E-state index contributed by atoms with van der Waals surface area (Å²) < 4.78 is 8.26. The topological polar surface area (TPSA) is 50.9 Å². The van der Waals surface area contributed by atoms with Gasteiger partial charge in [0.15, 0.2) is 6.73 Å². The van der Waals surface area contributed by atoms with Gasteiger partial charge in [-0.1, -0.05) is 12.1 Å². The molecular formula is C24H26N4O. The standard InChI is InChI=1S/C24H26N4O/c1-25-12-3-13-27-17-29-22-11-8-20-14-23(19-6-9-21(26-2)10-7-19)28(24(20)15-22)16-18-4-5-18/h3,6-15,18,26H,1,4-5,16-17H2,2H3/b12-3-,27-13-. The number of nitrogens with zero attached hydrogens (tertiary/aromatic N) is 3. The van der Waals surface area contributed by atoms with Gasteiger partial charge in [-0.3, -0.25) is 9.98 Å². The summed E-state index contributed by atoms with van der Waals surface area (Å²) in [6, 6.07) is 17.1. The molecule has 148 valence electrons. The second-order valence-corrected chi connectivity index (χ2v) is 7.26. The van der Waals surface area contributed by atoms with Crippen LogP contribution in [-0.2, 0) is 6.54 Å². The van der Waals surface area contributed by atoms with Crippen LogP contribution >= 0.6 is 0 Å². The molecule has 5 nitrogen and oxygen atoms in total. The minimum Gasteiger partial charge on any atom is -0.471 e. The highest BCUT2D eigenvalue weighted by Gasteiger charge is 2.24. The highest BCUT2D eigenvalue weighted by atomic mass is 16.5. The third-order valence-electron chi connectivity index (χ3n) is 5.17. The molecule has 1 aliphatic carbocycles. The fraction of sp³-hybridized carbons (Fsp3) is 0.250. The Hall–Kier alpha value is -3.34. The Morgan fingerprint density at radius 3 is 2.72 bits per heavy atom. The first-order chi connectivity index (χ1) is 14.3. The third kappa shape index (κ3) is 4.57. The van der Waals surface area contributed by atoms with E-state index in [-0.39, 0.29) is 6.73 Å². The molecule has 1 aromatic heterocycles. The number of aliphatic imine (C=N–C) groups is 2. The predicted molar refractivity (Wildman–Crippen MR) is 122 cm³/mol. The molecular weight excluding hydrogens is 360 g/mol. The largest absolute Gasteiger partial charge is 0.471 e. The first-order valence-corrected chi connectivity index (χ1v) is 9.93. The van der Waals surface area contributed by atoms with Crippen LogP contribution in [0.2, 0.25) is 0 Å². The molecule has 0 saturated heterocycles. The van der Waals surface area contributed by atoms with Crippen molar-refractivity contribution in [1.29, 1.82) is 0 Å². The Morgan fingerprint density at radius 2 is 2.00 bits per heavy atom. The normalized spacial score (nSPS) is 14.1. The second kappa shape index (κ2) is 8.78. The molecule has 1 aliphatic rings. The summed E-state index contributed by atoms with van der Waals surface area (Å²) in [5.74, 6) is 1.60. The molecule has 3 aromatic rings. The lowest BCUT2D eigenvalue weighted by Gasteiger charge is -2.12. The number of allylic oxidation sites excluding steroid dienone is 1. The maximum Gasteiger partial charge on any atom is 0.179 e. The van der Waals surface area contributed by atoms with Crippen molar-refractivity contribution in [2.75, 3.05) is 19.1 Å². The Labute approximate surface area is 171 Å². The smallest absolute Gasteiger partial charge is 0.179 e. The summed E-state index contributed by atoms with van der Waals surface area (Å²) in [4.78, 5) is 7.83. The Bertz CT molecular complexity index is 1040. The van der Waals surface area contributed by atoms with Crippen molar-refractivity contribution in [1.82, 2.24) is 4.57 Å². The average molecular weight is 386 g/mol. The van der Waals surface area contributed by atoms with E-state index >= 15 is 0 Å². The highest BCUT2D eigenvalue weighted by Crippen LogP contribution is 2.37. The number of fused-ring (bicyclic) bond motifs is 1. The van der Waals surface area contributed by atoms with E-state index in [0.717, 1.165) is 23.9 Å². The zero-order valence-corrected chi connectivity index (χ0v) is 16.7. The van der Waals surface area contributed by atoms with Crippen molar-refractivity contribution in [2.45, 2.75) is 19.4 Å². The molecule has 1 fully saturated rings. The quantitative estimate of drug-likeness (QED) is 0.502. The number of aromatic nitrogens is 1. The monoisotopic (exact) mass is 386 g/mol. The Morgan fingerprint density at radius 1 is 1.17 bits per heavy atom. The lowest BCUT2D eigenvalue weighted by molar-refractivity contribution is 0.332. The number of benzene rings is 2. The van der Waals surface area contributed by atoms with Crippen molar-refractivity contribution in [3.63, 3.8) is 0 Å². The third-order valence-corrected chi connectivity index (χ3v) is 5.17. The summed E-state index contributed by atoms with van der Waals surface area (Å²) in [6.07, 6.45) is 7.61. The maximum absolute atomic E-state index is 5.82. The van der Waals surface area contributed by atoms with Crippen molar-refractivity contribution in [3.8, 4) is 17.0 Å². The summed E-state index contributed by atoms with van der Waals surface area (Å²) in [6.45, 7) is 4.71. The molecule has 29 heavy (non-hydrogen) atoms. The van der Waals surface area contributed by atoms with E-state index in [1.165, 1.54) is 35.0 Å². The highest BCUT2D eigenvalue weighted by molar-refractivity contribution is 5.88. The lowest BCUT2D eigenvalue weighted by Crippen LogP contribution is -2.02. The number of nitrogens with one attached hydrogen (secondary N) is 1. The second-order valence-electron chi connectivity index (χ2n) is 7.26. The Balaban J connectivity index is 1.62. The summed E-state index contributed by atoms with van der Waals surface area (Å²) in [5, 5.41) is 4.42. The van der Waals surface area contributed by atoms with Gasteiger partial charge in [-0.15, -0.1) is 0 Å². The summed E-state index contributed by atoms with van der Waals surface area (Å²) in [7, 11) is 1.94. The van der Waals surface area contributed by atoms with E-state index in [4.69, 9.17) is 4.74 Å². The van der Waals surface area contributed by atoms with Gasteiger partial charge in [0.1, 0.15) is 5.75 Å². The number of hydrogen-bond donors (Lipinski definition) is 1. The van der Waals surface area contributed by atoms with Crippen molar-refractivity contribution >= 4 is 29.5 Å². The minimum atomic E-state index is 0.272. The van der Waals surface area contributed by atoms with Crippen molar-refractivity contribution in [2.24, 2.45) is 15.9 Å². The van der Waals surface area contributed by atoms with Gasteiger partial charge in [0.05, 0.1) is 5.52 Å². The van der Waals surface area contributed by atoms with E-state index in [2.05, 4.69) is 69.1 Å². The van der Waals surface area contributed by atoms with Gasteiger partial charge in [0.2, 0.25) is 0 Å². The zero-order valence-electron chi connectivity index (χ0n) is 16.7. The number of hydrogen-bond acceptors (Lipinski definition) is 4. The van der Waals surface area contributed by atoms with Crippen LogP contribution in [0.1, 0.15) is 12.8 Å². The van der Waals surface area contributed by atoms with Crippen LogP contribution in [-0.4, -0.2) is 31.3 Å². The summed E-state index contributed by atoms with van der Waals surface area (Å²) >= 11 is 0. The molecule has 5 heteroatoms. The predicted octanol–water partition coefficient (Wildman–Crippen LogP) is 5.38. The lowest BCUT2D eigenvalue weighted by atomic mass is 10.1. The van der Waals surface area contributed by atoms with Crippen LogP contribution < -0.4 is 10.1 Å². The molecule has 0 atom stereocenters. The molecule has 1 heterocycles. The SMILES string of the molecule is C=N/C=C\C=N/COc1ccc2cc(-c3ccc(NC)cc3)n(CC3CC3)c2c1.